The first kappa shape index (κ1) is 13.6. The van der Waals surface area contributed by atoms with Crippen molar-refractivity contribution in [3.63, 3.8) is 0 Å². The molecule has 2 aromatic rings. The largest absolute Gasteiger partial charge is 0.419 e. The van der Waals surface area contributed by atoms with Crippen molar-refractivity contribution in [2.75, 3.05) is 0 Å². The lowest BCUT2D eigenvalue weighted by Crippen LogP contribution is -2.10. The highest BCUT2D eigenvalue weighted by atomic mass is 35.5. The van der Waals surface area contributed by atoms with Gasteiger partial charge in [0.1, 0.15) is 0 Å². The Bertz CT molecular complexity index is 718. The molecule has 1 aromatic heterocycles. The summed E-state index contributed by atoms with van der Waals surface area (Å²) in [7, 11) is -4.94. The summed E-state index contributed by atoms with van der Waals surface area (Å²) in [6, 6.07) is 3.63. The van der Waals surface area contributed by atoms with Crippen LogP contribution in [0.1, 0.15) is 5.56 Å². The Morgan fingerprint density at radius 3 is 2.39 bits per heavy atom. The van der Waals surface area contributed by atoms with Gasteiger partial charge in [0.15, 0.2) is 4.21 Å². The van der Waals surface area contributed by atoms with E-state index in [1.165, 1.54) is 12.1 Å². The van der Waals surface area contributed by atoms with Crippen LogP contribution in [0.15, 0.2) is 22.4 Å². The second-order valence-corrected chi connectivity index (χ2v) is 6.48. The fourth-order valence-electron chi connectivity index (χ4n) is 1.50. The first-order valence-corrected chi connectivity index (χ1v) is 7.01. The number of hydrogen-bond donors (Lipinski definition) is 1. The number of thiophene rings is 1. The molecule has 0 amide bonds. The summed E-state index contributed by atoms with van der Waals surface area (Å²) in [4.78, 5) is 0. The van der Waals surface area contributed by atoms with Gasteiger partial charge in [0.25, 0.3) is 0 Å². The van der Waals surface area contributed by atoms with Crippen LogP contribution in [0.3, 0.4) is 0 Å². The lowest BCUT2D eigenvalue weighted by atomic mass is 10.2. The topological polar surface area (TPSA) is 54.4 Å². The minimum Gasteiger partial charge on any atom is -0.281 e. The second kappa shape index (κ2) is 4.09. The van der Waals surface area contributed by atoms with Crippen LogP contribution in [-0.2, 0) is 16.3 Å². The van der Waals surface area contributed by atoms with E-state index in [0.717, 1.165) is 6.07 Å². The van der Waals surface area contributed by atoms with E-state index in [-0.39, 0.29) is 15.1 Å². The first-order chi connectivity index (χ1) is 8.10. The SMILES string of the molecule is O=S(=O)(O)c1sc2ccc(Cl)cc2c1C(F)(F)F. The Labute approximate surface area is 109 Å². The van der Waals surface area contributed by atoms with Crippen LogP contribution in [-0.4, -0.2) is 13.0 Å². The molecule has 0 saturated carbocycles. The molecule has 0 aliphatic carbocycles. The molecule has 0 radical (unpaired) electrons. The predicted molar refractivity (Wildman–Crippen MR) is 61.7 cm³/mol. The van der Waals surface area contributed by atoms with Crippen molar-refractivity contribution in [2.24, 2.45) is 0 Å². The number of benzene rings is 1. The summed E-state index contributed by atoms with van der Waals surface area (Å²) in [6.07, 6.45) is -4.89. The molecule has 2 rings (SSSR count). The number of rotatable bonds is 1. The van der Waals surface area contributed by atoms with Gasteiger partial charge < -0.3 is 0 Å². The molecule has 1 aromatic carbocycles. The Hall–Kier alpha value is -0.830. The third-order valence-corrected chi connectivity index (χ3v) is 4.89. The van der Waals surface area contributed by atoms with Crippen molar-refractivity contribution in [1.82, 2.24) is 0 Å². The van der Waals surface area contributed by atoms with Crippen LogP contribution in [0, 0.1) is 0 Å². The smallest absolute Gasteiger partial charge is 0.281 e. The fourth-order valence-corrected chi connectivity index (χ4v) is 3.78. The second-order valence-electron chi connectivity index (χ2n) is 3.38. The molecule has 98 valence electrons. The van der Waals surface area contributed by atoms with E-state index < -0.39 is 26.1 Å². The van der Waals surface area contributed by atoms with Crippen LogP contribution in [0.2, 0.25) is 5.02 Å². The molecule has 0 atom stereocenters. The molecule has 9 heteroatoms. The lowest BCUT2D eigenvalue weighted by Gasteiger charge is -2.07. The normalized spacial score (nSPS) is 13.2. The summed E-state index contributed by atoms with van der Waals surface area (Å²) in [5.74, 6) is 0. The van der Waals surface area contributed by atoms with Gasteiger partial charge in [-0.25, -0.2) is 0 Å². The molecule has 1 N–H and O–H groups in total. The minimum absolute atomic E-state index is 0.0488. The molecule has 0 saturated heterocycles. The molecular weight excluding hydrogens is 313 g/mol. The number of fused-ring (bicyclic) bond motifs is 1. The van der Waals surface area contributed by atoms with Gasteiger partial charge in [-0.2, -0.15) is 21.6 Å². The van der Waals surface area contributed by atoms with Gasteiger partial charge in [0, 0.05) is 15.1 Å². The third-order valence-electron chi connectivity index (χ3n) is 2.14. The van der Waals surface area contributed by atoms with Crippen molar-refractivity contribution in [1.29, 1.82) is 0 Å². The van der Waals surface area contributed by atoms with E-state index >= 15 is 0 Å². The summed E-state index contributed by atoms with van der Waals surface area (Å²) in [5, 5.41) is -0.291. The summed E-state index contributed by atoms with van der Waals surface area (Å²) >= 11 is 5.94. The molecule has 0 bridgehead atoms. The van der Waals surface area contributed by atoms with Crippen molar-refractivity contribution >= 4 is 43.1 Å². The van der Waals surface area contributed by atoms with Crippen molar-refractivity contribution < 1.29 is 26.1 Å². The highest BCUT2D eigenvalue weighted by Gasteiger charge is 2.40. The van der Waals surface area contributed by atoms with E-state index in [1.807, 2.05) is 0 Å². The van der Waals surface area contributed by atoms with Crippen LogP contribution >= 0.6 is 22.9 Å². The van der Waals surface area contributed by atoms with Crippen molar-refractivity contribution in [3.8, 4) is 0 Å². The van der Waals surface area contributed by atoms with E-state index in [0.29, 0.717) is 11.3 Å². The van der Waals surface area contributed by atoms with Gasteiger partial charge >= 0.3 is 16.3 Å². The Morgan fingerprint density at radius 2 is 1.89 bits per heavy atom. The zero-order valence-electron chi connectivity index (χ0n) is 8.32. The Balaban J connectivity index is 2.96. The van der Waals surface area contributed by atoms with E-state index in [9.17, 15) is 21.6 Å². The van der Waals surface area contributed by atoms with Gasteiger partial charge in [-0.05, 0) is 18.2 Å². The summed E-state index contributed by atoms with van der Waals surface area (Å²) in [6.45, 7) is 0. The number of hydrogen-bond acceptors (Lipinski definition) is 3. The maximum atomic E-state index is 12.9. The average Bonchev–Trinajstić information content (AvgIpc) is 2.54. The van der Waals surface area contributed by atoms with Gasteiger partial charge in [-0.1, -0.05) is 11.6 Å². The Morgan fingerprint density at radius 1 is 1.28 bits per heavy atom. The molecule has 0 spiro atoms. The Kier molecular flexibility index (Phi) is 3.09. The molecule has 0 aliphatic heterocycles. The van der Waals surface area contributed by atoms with Crippen molar-refractivity contribution in [2.45, 2.75) is 10.4 Å². The zero-order valence-corrected chi connectivity index (χ0v) is 10.7. The van der Waals surface area contributed by atoms with E-state index in [2.05, 4.69) is 0 Å². The molecule has 0 fully saturated rings. The van der Waals surface area contributed by atoms with Gasteiger partial charge in [-0.3, -0.25) is 4.55 Å². The fraction of sp³-hybridized carbons (Fsp3) is 0.111. The molecule has 0 unspecified atom stereocenters. The van der Waals surface area contributed by atoms with E-state index in [1.54, 1.807) is 0 Å². The highest BCUT2D eigenvalue weighted by molar-refractivity contribution is 7.88. The predicted octanol–water partition coefficient (Wildman–Crippen LogP) is 3.82. The van der Waals surface area contributed by atoms with Crippen LogP contribution in [0.25, 0.3) is 10.1 Å². The van der Waals surface area contributed by atoms with E-state index in [4.69, 9.17) is 16.2 Å². The first-order valence-electron chi connectivity index (χ1n) is 4.37. The third kappa shape index (κ3) is 2.33. The number of alkyl halides is 3. The maximum absolute atomic E-state index is 12.9. The summed E-state index contributed by atoms with van der Waals surface area (Å²) in [5.41, 5.74) is -1.38. The van der Waals surface area contributed by atoms with Gasteiger partial charge in [-0.15, -0.1) is 11.3 Å². The zero-order chi connectivity index (χ0) is 13.7. The average molecular weight is 317 g/mol. The molecule has 3 nitrogen and oxygen atoms in total. The van der Waals surface area contributed by atoms with Crippen LogP contribution < -0.4 is 0 Å². The molecular formula is C9H4ClF3O3S2. The van der Waals surface area contributed by atoms with Crippen LogP contribution in [0.4, 0.5) is 13.2 Å². The molecule has 1 heterocycles. The van der Waals surface area contributed by atoms with Gasteiger partial charge in [0.2, 0.25) is 0 Å². The molecule has 0 aliphatic rings. The quantitative estimate of drug-likeness (QED) is 0.814. The summed E-state index contributed by atoms with van der Waals surface area (Å²) < 4.78 is 68.4. The highest BCUT2D eigenvalue weighted by Crippen LogP contribution is 2.44. The standard InChI is InChI=1S/C9H4ClF3O3S2/c10-4-1-2-6-5(3-4)7(9(11,12)13)8(17-6)18(14,15)16/h1-3H,(H,14,15,16). The lowest BCUT2D eigenvalue weighted by molar-refractivity contribution is -0.138. The minimum atomic E-state index is -4.94. The maximum Gasteiger partial charge on any atom is 0.419 e. The van der Waals surface area contributed by atoms with Gasteiger partial charge in [0.05, 0.1) is 5.56 Å². The monoisotopic (exact) mass is 316 g/mol. The number of halogens is 4. The van der Waals surface area contributed by atoms with Crippen molar-refractivity contribution in [3.05, 3.63) is 28.8 Å². The molecule has 18 heavy (non-hydrogen) atoms. The van der Waals surface area contributed by atoms with Crippen LogP contribution in [0.5, 0.6) is 0 Å².